The summed E-state index contributed by atoms with van der Waals surface area (Å²) in [7, 11) is 1.54. The van der Waals surface area contributed by atoms with E-state index in [-0.39, 0.29) is 19.3 Å². The summed E-state index contributed by atoms with van der Waals surface area (Å²) in [5, 5.41) is 10.5. The molecule has 0 saturated heterocycles. The summed E-state index contributed by atoms with van der Waals surface area (Å²) in [6.45, 7) is 0. The molecule has 1 aromatic carbocycles. The van der Waals surface area contributed by atoms with Gasteiger partial charge in [0.2, 0.25) is 0 Å². The minimum absolute atomic E-state index is 0.109. The first-order valence-electron chi connectivity index (χ1n) is 6.85. The molecule has 1 aromatic rings. The van der Waals surface area contributed by atoms with Crippen LogP contribution in [0.4, 0.5) is 13.2 Å². The molecule has 1 aliphatic carbocycles. The highest BCUT2D eigenvalue weighted by molar-refractivity contribution is 9.10. The molecule has 0 aromatic heterocycles. The normalized spacial score (nSPS) is 26.7. The van der Waals surface area contributed by atoms with Gasteiger partial charge < -0.3 is 9.84 Å². The smallest absolute Gasteiger partial charge is 0.391 e. The predicted octanol–water partition coefficient (Wildman–Crippen LogP) is 4.48. The van der Waals surface area contributed by atoms with Gasteiger partial charge >= 0.3 is 6.18 Å². The molecule has 0 heterocycles. The number of hydrogen-bond acceptors (Lipinski definition) is 2. The molecule has 0 bridgehead atoms. The molecular formula is C15H18BrF3O2. The quantitative estimate of drug-likeness (QED) is 0.854. The fourth-order valence-corrected chi connectivity index (χ4v) is 3.57. The summed E-state index contributed by atoms with van der Waals surface area (Å²) in [6.07, 6.45) is -3.31. The van der Waals surface area contributed by atoms with Gasteiger partial charge in [0.25, 0.3) is 0 Å². The lowest BCUT2D eigenvalue weighted by Gasteiger charge is -2.37. The van der Waals surface area contributed by atoms with Crippen molar-refractivity contribution in [1.29, 1.82) is 0 Å². The van der Waals surface area contributed by atoms with E-state index in [0.29, 0.717) is 18.6 Å². The number of ether oxygens (including phenoxy) is 1. The fraction of sp³-hybridized carbons (Fsp3) is 0.600. The lowest BCUT2D eigenvalue weighted by atomic mass is 9.75. The van der Waals surface area contributed by atoms with Gasteiger partial charge in [-0.25, -0.2) is 0 Å². The molecule has 0 spiro atoms. The average molecular weight is 367 g/mol. The Labute approximate surface area is 130 Å². The van der Waals surface area contributed by atoms with Crippen LogP contribution in [0.3, 0.4) is 0 Å². The van der Waals surface area contributed by atoms with Crippen LogP contribution in [0.1, 0.15) is 31.2 Å². The highest BCUT2D eigenvalue weighted by Gasteiger charge is 2.46. The molecule has 2 nitrogen and oxygen atoms in total. The van der Waals surface area contributed by atoms with E-state index in [4.69, 9.17) is 4.74 Å². The summed E-state index contributed by atoms with van der Waals surface area (Å²) in [5.74, 6) is -0.750. The van der Waals surface area contributed by atoms with Crippen LogP contribution >= 0.6 is 15.9 Å². The second-order valence-electron chi connectivity index (χ2n) is 5.70. The van der Waals surface area contributed by atoms with Crippen molar-refractivity contribution in [2.24, 2.45) is 5.92 Å². The fourth-order valence-electron chi connectivity index (χ4n) is 2.98. The van der Waals surface area contributed by atoms with Crippen LogP contribution in [0.25, 0.3) is 0 Å². The highest BCUT2D eigenvalue weighted by Crippen LogP contribution is 2.43. The zero-order chi connectivity index (χ0) is 15.7. The molecule has 118 valence electrons. The SMILES string of the molecule is COc1ccc(CC2(O)CCCC(C(F)(F)F)C2)cc1Br. The summed E-state index contributed by atoms with van der Waals surface area (Å²) >= 11 is 3.35. The van der Waals surface area contributed by atoms with E-state index in [1.807, 2.05) is 0 Å². The summed E-state index contributed by atoms with van der Waals surface area (Å²) in [6, 6.07) is 5.31. The molecule has 0 aliphatic heterocycles. The Morgan fingerprint density at radius 3 is 2.71 bits per heavy atom. The van der Waals surface area contributed by atoms with Gasteiger partial charge in [0.1, 0.15) is 5.75 Å². The Kier molecular flexibility index (Phi) is 4.88. The van der Waals surface area contributed by atoms with Gasteiger partial charge in [-0.15, -0.1) is 0 Å². The van der Waals surface area contributed by atoms with Gasteiger partial charge in [-0.05, 0) is 59.3 Å². The minimum atomic E-state index is -4.23. The molecular weight excluding hydrogens is 349 g/mol. The van der Waals surface area contributed by atoms with Crippen molar-refractivity contribution in [3.63, 3.8) is 0 Å². The van der Waals surface area contributed by atoms with Gasteiger partial charge in [0.05, 0.1) is 23.1 Å². The first kappa shape index (κ1) is 16.6. The molecule has 1 aliphatic rings. The number of alkyl halides is 3. The molecule has 1 saturated carbocycles. The number of benzene rings is 1. The number of rotatable bonds is 3. The third-order valence-electron chi connectivity index (χ3n) is 4.03. The van der Waals surface area contributed by atoms with E-state index >= 15 is 0 Å². The molecule has 21 heavy (non-hydrogen) atoms. The zero-order valence-corrected chi connectivity index (χ0v) is 13.3. The second kappa shape index (κ2) is 6.16. The lowest BCUT2D eigenvalue weighted by molar-refractivity contribution is -0.200. The van der Waals surface area contributed by atoms with E-state index < -0.39 is 17.7 Å². The van der Waals surface area contributed by atoms with Crippen molar-refractivity contribution in [3.8, 4) is 5.75 Å². The van der Waals surface area contributed by atoms with Crippen LogP contribution < -0.4 is 4.74 Å². The van der Waals surface area contributed by atoms with E-state index in [1.54, 1.807) is 25.3 Å². The Morgan fingerprint density at radius 2 is 2.14 bits per heavy atom. The van der Waals surface area contributed by atoms with Crippen LogP contribution in [0.2, 0.25) is 0 Å². The average Bonchev–Trinajstić information content (AvgIpc) is 2.37. The predicted molar refractivity (Wildman–Crippen MR) is 77.4 cm³/mol. The van der Waals surface area contributed by atoms with Crippen molar-refractivity contribution in [2.75, 3.05) is 7.11 Å². The largest absolute Gasteiger partial charge is 0.496 e. The van der Waals surface area contributed by atoms with E-state index in [1.165, 1.54) is 0 Å². The van der Waals surface area contributed by atoms with Crippen molar-refractivity contribution >= 4 is 15.9 Å². The number of methoxy groups -OCH3 is 1. The highest BCUT2D eigenvalue weighted by atomic mass is 79.9. The van der Waals surface area contributed by atoms with Gasteiger partial charge in [0, 0.05) is 6.42 Å². The monoisotopic (exact) mass is 366 g/mol. The minimum Gasteiger partial charge on any atom is -0.496 e. The summed E-state index contributed by atoms with van der Waals surface area (Å²) < 4.78 is 44.4. The molecule has 1 fully saturated rings. The van der Waals surface area contributed by atoms with E-state index in [9.17, 15) is 18.3 Å². The molecule has 1 N–H and O–H groups in total. The molecule has 2 unspecified atom stereocenters. The van der Waals surface area contributed by atoms with Crippen LogP contribution in [0.15, 0.2) is 22.7 Å². The molecule has 0 radical (unpaired) electrons. The zero-order valence-electron chi connectivity index (χ0n) is 11.7. The molecule has 2 rings (SSSR count). The standard InChI is InChI=1S/C15H18BrF3O2/c1-21-13-5-4-10(7-12(13)16)8-14(20)6-2-3-11(9-14)15(17,18)19/h4-5,7,11,20H,2-3,6,8-9H2,1H3. The van der Waals surface area contributed by atoms with Crippen LogP contribution in [0.5, 0.6) is 5.75 Å². The van der Waals surface area contributed by atoms with E-state index in [2.05, 4.69) is 15.9 Å². The maximum atomic E-state index is 12.9. The topological polar surface area (TPSA) is 29.5 Å². The Hall–Kier alpha value is -0.750. The maximum absolute atomic E-state index is 12.9. The van der Waals surface area contributed by atoms with Crippen LogP contribution in [-0.2, 0) is 6.42 Å². The van der Waals surface area contributed by atoms with Crippen LogP contribution in [0, 0.1) is 5.92 Å². The van der Waals surface area contributed by atoms with E-state index in [0.717, 1.165) is 10.0 Å². The van der Waals surface area contributed by atoms with Gasteiger partial charge in [0.15, 0.2) is 0 Å². The lowest BCUT2D eigenvalue weighted by Crippen LogP contribution is -2.41. The Balaban J connectivity index is 2.12. The maximum Gasteiger partial charge on any atom is 0.391 e. The number of hydrogen-bond donors (Lipinski definition) is 1. The Morgan fingerprint density at radius 1 is 1.43 bits per heavy atom. The van der Waals surface area contributed by atoms with Crippen molar-refractivity contribution in [3.05, 3.63) is 28.2 Å². The molecule has 2 atom stereocenters. The van der Waals surface area contributed by atoms with Crippen LogP contribution in [-0.4, -0.2) is 24.0 Å². The third kappa shape index (κ3) is 4.13. The van der Waals surface area contributed by atoms with Gasteiger partial charge in [-0.3, -0.25) is 0 Å². The number of halogens is 4. The summed E-state index contributed by atoms with van der Waals surface area (Å²) in [4.78, 5) is 0. The van der Waals surface area contributed by atoms with Crippen molar-refractivity contribution in [2.45, 2.75) is 43.9 Å². The second-order valence-corrected chi connectivity index (χ2v) is 6.56. The van der Waals surface area contributed by atoms with Crippen molar-refractivity contribution in [1.82, 2.24) is 0 Å². The first-order valence-corrected chi connectivity index (χ1v) is 7.64. The van der Waals surface area contributed by atoms with Crippen molar-refractivity contribution < 1.29 is 23.0 Å². The Bertz CT molecular complexity index is 504. The molecule has 0 amide bonds. The van der Waals surface area contributed by atoms with Gasteiger partial charge in [-0.1, -0.05) is 6.07 Å². The van der Waals surface area contributed by atoms with Gasteiger partial charge in [-0.2, -0.15) is 13.2 Å². The number of aliphatic hydroxyl groups is 1. The summed E-state index contributed by atoms with van der Waals surface area (Å²) in [5.41, 5.74) is -0.486. The first-order chi connectivity index (χ1) is 9.73. The molecule has 6 heteroatoms. The third-order valence-corrected chi connectivity index (χ3v) is 4.65.